The molecule has 0 amide bonds. The van der Waals surface area contributed by atoms with Crippen LogP contribution < -0.4 is 5.32 Å². The first-order valence-electron chi connectivity index (χ1n) is 5.44. The number of hydrogen-bond acceptors (Lipinski definition) is 2. The van der Waals surface area contributed by atoms with E-state index in [4.69, 9.17) is 4.74 Å². The van der Waals surface area contributed by atoms with Crippen molar-refractivity contribution in [3.05, 3.63) is 0 Å². The summed E-state index contributed by atoms with van der Waals surface area (Å²) in [7, 11) is 1.76. The van der Waals surface area contributed by atoms with E-state index in [9.17, 15) is 0 Å². The van der Waals surface area contributed by atoms with Crippen molar-refractivity contribution < 1.29 is 4.74 Å². The molecule has 0 aliphatic heterocycles. The van der Waals surface area contributed by atoms with Gasteiger partial charge in [0.25, 0.3) is 0 Å². The average Bonchev–Trinajstić information content (AvgIpc) is 2.16. The second-order valence-corrected chi connectivity index (χ2v) is 3.83. The van der Waals surface area contributed by atoms with Crippen LogP contribution in [0, 0.1) is 5.92 Å². The molecule has 2 heteroatoms. The van der Waals surface area contributed by atoms with Crippen LogP contribution in [0.15, 0.2) is 0 Å². The summed E-state index contributed by atoms with van der Waals surface area (Å²) in [5, 5.41) is 3.54. The lowest BCUT2D eigenvalue weighted by Gasteiger charge is -2.19. The van der Waals surface area contributed by atoms with Gasteiger partial charge >= 0.3 is 0 Å². The summed E-state index contributed by atoms with van der Waals surface area (Å²) in [6, 6.07) is 0.646. The van der Waals surface area contributed by atoms with Crippen molar-refractivity contribution in [2.75, 3.05) is 20.3 Å². The molecule has 0 aromatic heterocycles. The van der Waals surface area contributed by atoms with Crippen LogP contribution in [-0.2, 0) is 4.74 Å². The fraction of sp³-hybridized carbons (Fsp3) is 1.00. The van der Waals surface area contributed by atoms with Crippen LogP contribution in [0.1, 0.15) is 40.0 Å². The van der Waals surface area contributed by atoms with Gasteiger partial charge in [-0.15, -0.1) is 0 Å². The van der Waals surface area contributed by atoms with Crippen molar-refractivity contribution in [3.63, 3.8) is 0 Å². The standard InChI is InChI=1S/C11H25NO/c1-5-10(2)11(3)12-8-6-7-9-13-4/h10-12H,5-9H2,1-4H3. The second kappa shape index (κ2) is 8.52. The lowest BCUT2D eigenvalue weighted by atomic mass is 10.0. The highest BCUT2D eigenvalue weighted by Crippen LogP contribution is 2.06. The largest absolute Gasteiger partial charge is 0.385 e. The van der Waals surface area contributed by atoms with Gasteiger partial charge in [0, 0.05) is 19.8 Å². The summed E-state index contributed by atoms with van der Waals surface area (Å²) in [4.78, 5) is 0. The molecule has 0 saturated carbocycles. The van der Waals surface area contributed by atoms with Gasteiger partial charge in [-0.2, -0.15) is 0 Å². The van der Waals surface area contributed by atoms with E-state index in [1.165, 1.54) is 12.8 Å². The van der Waals surface area contributed by atoms with Gasteiger partial charge in [-0.1, -0.05) is 20.3 Å². The molecule has 0 bridgehead atoms. The van der Waals surface area contributed by atoms with Gasteiger partial charge in [-0.25, -0.2) is 0 Å². The number of unbranched alkanes of at least 4 members (excludes halogenated alkanes) is 1. The molecule has 1 N–H and O–H groups in total. The molecule has 0 fully saturated rings. The predicted molar refractivity (Wildman–Crippen MR) is 58.0 cm³/mol. The molecule has 2 atom stereocenters. The maximum atomic E-state index is 4.99. The Morgan fingerprint density at radius 2 is 1.92 bits per heavy atom. The first-order chi connectivity index (χ1) is 6.22. The first-order valence-corrected chi connectivity index (χ1v) is 5.44. The van der Waals surface area contributed by atoms with Gasteiger partial charge < -0.3 is 10.1 Å². The van der Waals surface area contributed by atoms with Crippen molar-refractivity contribution >= 4 is 0 Å². The molecule has 0 spiro atoms. The normalized spacial score (nSPS) is 15.7. The molecule has 0 radical (unpaired) electrons. The van der Waals surface area contributed by atoms with Gasteiger partial charge in [0.15, 0.2) is 0 Å². The third kappa shape index (κ3) is 7.03. The number of ether oxygens (including phenoxy) is 1. The highest BCUT2D eigenvalue weighted by atomic mass is 16.5. The number of hydrogen-bond donors (Lipinski definition) is 1. The van der Waals surface area contributed by atoms with E-state index in [0.717, 1.165) is 25.5 Å². The van der Waals surface area contributed by atoms with Gasteiger partial charge in [-0.05, 0) is 32.2 Å². The van der Waals surface area contributed by atoms with Gasteiger partial charge in [0.2, 0.25) is 0 Å². The van der Waals surface area contributed by atoms with Crippen LogP contribution in [0.4, 0.5) is 0 Å². The van der Waals surface area contributed by atoms with E-state index in [1.807, 2.05) is 0 Å². The molecule has 0 aliphatic rings. The average molecular weight is 187 g/mol. The Morgan fingerprint density at radius 1 is 1.23 bits per heavy atom. The Kier molecular flexibility index (Phi) is 8.46. The van der Waals surface area contributed by atoms with Crippen LogP contribution in [0.2, 0.25) is 0 Å². The van der Waals surface area contributed by atoms with Crippen LogP contribution in [0.25, 0.3) is 0 Å². The maximum absolute atomic E-state index is 4.99. The smallest absolute Gasteiger partial charge is 0.0462 e. The molecule has 2 unspecified atom stereocenters. The molecule has 13 heavy (non-hydrogen) atoms. The van der Waals surface area contributed by atoms with Crippen LogP contribution >= 0.6 is 0 Å². The topological polar surface area (TPSA) is 21.3 Å². The minimum atomic E-state index is 0.646. The quantitative estimate of drug-likeness (QED) is 0.589. The second-order valence-electron chi connectivity index (χ2n) is 3.83. The fourth-order valence-corrected chi connectivity index (χ4v) is 1.26. The minimum absolute atomic E-state index is 0.646. The van der Waals surface area contributed by atoms with E-state index in [1.54, 1.807) is 7.11 Å². The van der Waals surface area contributed by atoms with Crippen LogP contribution in [-0.4, -0.2) is 26.3 Å². The zero-order valence-electron chi connectivity index (χ0n) is 9.60. The molecule has 0 saturated heterocycles. The van der Waals surface area contributed by atoms with Gasteiger partial charge in [-0.3, -0.25) is 0 Å². The predicted octanol–water partition coefficient (Wildman–Crippen LogP) is 2.44. The van der Waals surface area contributed by atoms with Crippen LogP contribution in [0.3, 0.4) is 0 Å². The van der Waals surface area contributed by atoms with E-state index >= 15 is 0 Å². The molecular formula is C11H25NO. The van der Waals surface area contributed by atoms with Crippen molar-refractivity contribution in [3.8, 4) is 0 Å². The summed E-state index contributed by atoms with van der Waals surface area (Å²) >= 11 is 0. The summed E-state index contributed by atoms with van der Waals surface area (Å²) in [6.45, 7) is 8.82. The minimum Gasteiger partial charge on any atom is -0.385 e. The van der Waals surface area contributed by atoms with Crippen molar-refractivity contribution in [1.29, 1.82) is 0 Å². The molecular weight excluding hydrogens is 162 g/mol. The summed E-state index contributed by atoms with van der Waals surface area (Å²) in [5.74, 6) is 0.780. The molecule has 2 nitrogen and oxygen atoms in total. The lowest BCUT2D eigenvalue weighted by Crippen LogP contribution is -2.32. The number of rotatable bonds is 8. The van der Waals surface area contributed by atoms with Crippen LogP contribution in [0.5, 0.6) is 0 Å². The fourth-order valence-electron chi connectivity index (χ4n) is 1.26. The summed E-state index contributed by atoms with van der Waals surface area (Å²) in [6.07, 6.45) is 3.64. The zero-order valence-corrected chi connectivity index (χ0v) is 9.60. The molecule has 0 rings (SSSR count). The summed E-state index contributed by atoms with van der Waals surface area (Å²) in [5.41, 5.74) is 0. The number of nitrogens with one attached hydrogen (secondary N) is 1. The van der Waals surface area contributed by atoms with Crippen molar-refractivity contribution in [2.45, 2.75) is 46.1 Å². The first kappa shape index (κ1) is 12.9. The van der Waals surface area contributed by atoms with E-state index in [0.29, 0.717) is 6.04 Å². The number of methoxy groups -OCH3 is 1. The zero-order chi connectivity index (χ0) is 10.1. The molecule has 0 aromatic carbocycles. The third-order valence-electron chi connectivity index (χ3n) is 2.74. The third-order valence-corrected chi connectivity index (χ3v) is 2.74. The van der Waals surface area contributed by atoms with E-state index in [-0.39, 0.29) is 0 Å². The highest BCUT2D eigenvalue weighted by Gasteiger charge is 2.07. The van der Waals surface area contributed by atoms with Gasteiger partial charge in [0.05, 0.1) is 0 Å². The lowest BCUT2D eigenvalue weighted by molar-refractivity contribution is 0.192. The summed E-state index contributed by atoms with van der Waals surface area (Å²) < 4.78 is 4.99. The Morgan fingerprint density at radius 3 is 2.46 bits per heavy atom. The Bertz CT molecular complexity index is 106. The highest BCUT2D eigenvalue weighted by molar-refractivity contribution is 4.66. The molecule has 80 valence electrons. The Balaban J connectivity index is 3.21. The maximum Gasteiger partial charge on any atom is 0.0462 e. The molecule has 0 aromatic rings. The van der Waals surface area contributed by atoms with Crippen molar-refractivity contribution in [1.82, 2.24) is 5.32 Å². The van der Waals surface area contributed by atoms with E-state index in [2.05, 4.69) is 26.1 Å². The molecule has 0 aliphatic carbocycles. The van der Waals surface area contributed by atoms with Gasteiger partial charge in [0.1, 0.15) is 0 Å². The SMILES string of the molecule is CCC(C)C(C)NCCCCOC. The molecule has 0 heterocycles. The Labute approximate surface area is 83.1 Å². The monoisotopic (exact) mass is 187 g/mol. The van der Waals surface area contributed by atoms with E-state index < -0.39 is 0 Å². The van der Waals surface area contributed by atoms with Crippen molar-refractivity contribution in [2.24, 2.45) is 5.92 Å². The Hall–Kier alpha value is -0.0800.